The van der Waals surface area contributed by atoms with E-state index in [-0.39, 0.29) is 22.2 Å². The number of carbonyl (C=O) groups is 2. The summed E-state index contributed by atoms with van der Waals surface area (Å²) in [5, 5.41) is 10.6. The molecule has 2 aromatic carbocycles. The Balaban J connectivity index is 1.44. The van der Waals surface area contributed by atoms with Crippen molar-refractivity contribution < 1.29 is 35.9 Å². The van der Waals surface area contributed by atoms with Crippen LogP contribution in [-0.4, -0.2) is 79.6 Å². The highest BCUT2D eigenvalue weighted by atomic mass is 32.2. The summed E-state index contributed by atoms with van der Waals surface area (Å²) in [5.41, 5.74) is -2.86. The van der Waals surface area contributed by atoms with E-state index in [9.17, 15) is 31.2 Å². The summed E-state index contributed by atoms with van der Waals surface area (Å²) in [6, 6.07) is 14.9. The molecule has 1 aromatic heterocycles. The van der Waals surface area contributed by atoms with Crippen LogP contribution >= 0.6 is 11.8 Å². The van der Waals surface area contributed by atoms with Crippen LogP contribution in [0.2, 0.25) is 0 Å². The van der Waals surface area contributed by atoms with E-state index in [4.69, 9.17) is 4.74 Å². The van der Waals surface area contributed by atoms with E-state index in [1.165, 1.54) is 23.9 Å². The molecule has 11 nitrogen and oxygen atoms in total. The lowest BCUT2D eigenvalue weighted by atomic mass is 10.1. The Bertz CT molecular complexity index is 1550. The van der Waals surface area contributed by atoms with Gasteiger partial charge in [-0.05, 0) is 63.2 Å². The van der Waals surface area contributed by atoms with Crippen molar-refractivity contribution in [2.45, 2.75) is 37.4 Å². The number of hydrogen-bond acceptors (Lipinski definition) is 10. The first-order valence-electron chi connectivity index (χ1n) is 13.9. The van der Waals surface area contributed by atoms with Crippen molar-refractivity contribution in [1.29, 1.82) is 0 Å². The number of anilines is 3. The number of alkyl halides is 3. The Kier molecular flexibility index (Phi) is 10.8. The molecule has 16 heteroatoms. The van der Waals surface area contributed by atoms with Crippen LogP contribution < -0.4 is 14.5 Å². The fourth-order valence-electron chi connectivity index (χ4n) is 4.37. The van der Waals surface area contributed by atoms with Gasteiger partial charge >= 0.3 is 12.3 Å². The van der Waals surface area contributed by atoms with Gasteiger partial charge in [0.05, 0.1) is 11.3 Å². The molecule has 0 spiro atoms. The molecule has 45 heavy (non-hydrogen) atoms. The standard InChI is InChI=1S/C29H33F3N6O5S2/c1-28(2,3)43-27(40)37-16-14-36(15-17-37)25-12-11-24(34-35-25)26(39)38(45(41)42)20-9-10-23(22(19-20)29(30,31)32)33-13-18-44-21-7-5-4-6-8-21/h4-12,19,33,45H,13-18H2,1-3H3. The summed E-state index contributed by atoms with van der Waals surface area (Å²) in [6.07, 6.45) is -5.26. The summed E-state index contributed by atoms with van der Waals surface area (Å²) in [7, 11) is -3.68. The van der Waals surface area contributed by atoms with Gasteiger partial charge < -0.3 is 19.9 Å². The molecule has 2 amide bonds. The predicted octanol–water partition coefficient (Wildman–Crippen LogP) is 4.93. The topological polar surface area (TPSA) is 125 Å². The lowest BCUT2D eigenvalue weighted by molar-refractivity contribution is -0.136. The zero-order chi connectivity index (χ0) is 32.8. The number of benzene rings is 2. The zero-order valence-electron chi connectivity index (χ0n) is 24.8. The Hall–Kier alpha value is -4.05. The van der Waals surface area contributed by atoms with E-state index in [1.807, 2.05) is 35.2 Å². The molecule has 1 N–H and O–H groups in total. The van der Waals surface area contributed by atoms with Gasteiger partial charge in [-0.15, -0.1) is 22.0 Å². The minimum absolute atomic E-state index is 0.207. The molecule has 4 rings (SSSR count). The molecule has 242 valence electrons. The van der Waals surface area contributed by atoms with Crippen LogP contribution in [-0.2, 0) is 21.8 Å². The number of nitrogens with one attached hydrogen (secondary N) is 1. The molecule has 1 aliphatic heterocycles. The molecule has 0 unspecified atom stereocenters. The largest absolute Gasteiger partial charge is 0.444 e. The second kappa shape index (κ2) is 14.4. The molecule has 1 saturated heterocycles. The second-order valence-electron chi connectivity index (χ2n) is 10.9. The number of amides is 2. The van der Waals surface area contributed by atoms with E-state index in [1.54, 1.807) is 25.7 Å². The normalized spacial score (nSPS) is 13.9. The monoisotopic (exact) mass is 666 g/mol. The minimum atomic E-state index is -4.83. The van der Waals surface area contributed by atoms with Crippen molar-refractivity contribution in [2.24, 2.45) is 0 Å². The smallest absolute Gasteiger partial charge is 0.418 e. The van der Waals surface area contributed by atoms with Crippen LogP contribution in [0.15, 0.2) is 65.6 Å². The molecule has 0 atom stereocenters. The van der Waals surface area contributed by atoms with E-state index < -0.39 is 45.9 Å². The first kappa shape index (κ1) is 33.8. The SMILES string of the molecule is CC(C)(C)OC(=O)N1CCN(c2ccc(C(=O)N(c3ccc(NCCSc4ccccc4)c(C(F)(F)F)c3)[SH](=O)=O)nn2)CC1. The van der Waals surface area contributed by atoms with Crippen molar-refractivity contribution >= 4 is 51.8 Å². The van der Waals surface area contributed by atoms with E-state index >= 15 is 0 Å². The number of piperazine rings is 1. The third-order valence-electron chi connectivity index (χ3n) is 6.46. The Morgan fingerprint density at radius 1 is 0.978 bits per heavy atom. The van der Waals surface area contributed by atoms with Crippen LogP contribution in [0.25, 0.3) is 0 Å². The van der Waals surface area contributed by atoms with Gasteiger partial charge in [0, 0.05) is 49.1 Å². The van der Waals surface area contributed by atoms with Gasteiger partial charge in [0.15, 0.2) is 11.5 Å². The summed E-state index contributed by atoms with van der Waals surface area (Å²) >= 11 is 1.47. The van der Waals surface area contributed by atoms with Crippen LogP contribution in [0.3, 0.4) is 0 Å². The van der Waals surface area contributed by atoms with E-state index in [0.717, 1.165) is 17.0 Å². The fourth-order valence-corrected chi connectivity index (χ4v) is 5.72. The minimum Gasteiger partial charge on any atom is -0.444 e. The van der Waals surface area contributed by atoms with Gasteiger partial charge in [-0.3, -0.25) is 4.79 Å². The van der Waals surface area contributed by atoms with Gasteiger partial charge in [0.1, 0.15) is 5.60 Å². The highest BCUT2D eigenvalue weighted by molar-refractivity contribution is 7.99. The lowest BCUT2D eigenvalue weighted by Gasteiger charge is -2.35. The number of nitrogens with zero attached hydrogens (tertiary/aromatic N) is 5. The molecule has 1 fully saturated rings. The Labute approximate surface area is 264 Å². The molecule has 0 radical (unpaired) electrons. The number of carbonyl (C=O) groups excluding carboxylic acids is 2. The molecular weight excluding hydrogens is 633 g/mol. The number of thioether (sulfide) groups is 1. The number of halogens is 3. The maximum Gasteiger partial charge on any atom is 0.418 e. The fraction of sp³-hybridized carbons (Fsp3) is 0.379. The molecule has 0 saturated carbocycles. The van der Waals surface area contributed by atoms with E-state index in [0.29, 0.717) is 43.8 Å². The molecular formula is C29H33F3N6O5S2. The maximum absolute atomic E-state index is 14.0. The van der Waals surface area contributed by atoms with Gasteiger partial charge in [0.25, 0.3) is 5.91 Å². The molecule has 2 heterocycles. The molecule has 0 aliphatic carbocycles. The van der Waals surface area contributed by atoms with Gasteiger partial charge in [-0.25, -0.2) is 17.5 Å². The maximum atomic E-state index is 14.0. The lowest BCUT2D eigenvalue weighted by Crippen LogP contribution is -2.50. The van der Waals surface area contributed by atoms with Crippen molar-refractivity contribution in [2.75, 3.05) is 53.0 Å². The quantitative estimate of drug-likeness (QED) is 0.185. The molecule has 3 aromatic rings. The number of rotatable bonds is 9. The number of hydrogen-bond donors (Lipinski definition) is 2. The van der Waals surface area contributed by atoms with Gasteiger partial charge in [0.2, 0.25) is 10.9 Å². The zero-order valence-corrected chi connectivity index (χ0v) is 26.5. The van der Waals surface area contributed by atoms with Crippen LogP contribution in [0.4, 0.5) is 35.2 Å². The van der Waals surface area contributed by atoms with Crippen molar-refractivity contribution in [3.05, 3.63) is 71.9 Å². The average Bonchev–Trinajstić information content (AvgIpc) is 2.99. The number of ether oxygens (including phenoxy) is 1. The van der Waals surface area contributed by atoms with Crippen LogP contribution in [0, 0.1) is 0 Å². The van der Waals surface area contributed by atoms with Crippen molar-refractivity contribution in [1.82, 2.24) is 15.1 Å². The average molecular weight is 667 g/mol. The van der Waals surface area contributed by atoms with Crippen LogP contribution in [0.1, 0.15) is 36.8 Å². The summed E-state index contributed by atoms with van der Waals surface area (Å²) in [5.74, 6) is -0.296. The highest BCUT2D eigenvalue weighted by Gasteiger charge is 2.35. The Morgan fingerprint density at radius 3 is 2.24 bits per heavy atom. The van der Waals surface area contributed by atoms with Crippen molar-refractivity contribution in [3.8, 4) is 0 Å². The summed E-state index contributed by atoms with van der Waals surface area (Å²) < 4.78 is 71.9. The second-order valence-corrected chi connectivity index (χ2v) is 12.9. The molecule has 0 bridgehead atoms. The third-order valence-corrected chi connectivity index (χ3v) is 8.22. The number of aromatic nitrogens is 2. The molecule has 1 aliphatic rings. The number of thiol groups is 1. The predicted molar refractivity (Wildman–Crippen MR) is 166 cm³/mol. The summed E-state index contributed by atoms with van der Waals surface area (Å²) in [4.78, 5) is 29.8. The third kappa shape index (κ3) is 9.23. The summed E-state index contributed by atoms with van der Waals surface area (Å²) in [6.45, 7) is 7.08. The first-order chi connectivity index (χ1) is 21.2. The Morgan fingerprint density at radius 2 is 1.67 bits per heavy atom. The van der Waals surface area contributed by atoms with Crippen LogP contribution in [0.5, 0.6) is 0 Å². The highest BCUT2D eigenvalue weighted by Crippen LogP contribution is 2.38. The van der Waals surface area contributed by atoms with Crippen molar-refractivity contribution in [3.63, 3.8) is 0 Å². The first-order valence-corrected chi connectivity index (χ1v) is 16.0. The van der Waals surface area contributed by atoms with Gasteiger partial charge in [-0.2, -0.15) is 13.2 Å². The van der Waals surface area contributed by atoms with Gasteiger partial charge in [-0.1, -0.05) is 18.2 Å². The van der Waals surface area contributed by atoms with E-state index in [2.05, 4.69) is 15.5 Å².